The van der Waals surface area contributed by atoms with Crippen LogP contribution in [-0.2, 0) is 14.6 Å². The molecule has 1 saturated heterocycles. The summed E-state index contributed by atoms with van der Waals surface area (Å²) in [5.74, 6) is 0.859. The van der Waals surface area contributed by atoms with Crippen LogP contribution < -0.4 is 24.6 Å². The van der Waals surface area contributed by atoms with Gasteiger partial charge in [0, 0.05) is 44.6 Å². The van der Waals surface area contributed by atoms with E-state index in [2.05, 4.69) is 32.1 Å². The highest BCUT2D eigenvalue weighted by atomic mass is 32.2. The Morgan fingerprint density at radius 3 is 2.59 bits per heavy atom. The topological polar surface area (TPSA) is 173 Å². The van der Waals surface area contributed by atoms with E-state index < -0.39 is 26.3 Å². The van der Waals surface area contributed by atoms with E-state index in [0.717, 1.165) is 26.2 Å². The van der Waals surface area contributed by atoms with Crippen molar-refractivity contribution in [2.75, 3.05) is 67.0 Å². The zero-order valence-electron chi connectivity index (χ0n) is 24.9. The number of nitrogens with one attached hydrogen (secondary N) is 1. The molecule has 2 aromatic heterocycles. The van der Waals surface area contributed by atoms with Crippen molar-refractivity contribution in [1.29, 1.82) is 0 Å². The number of ether oxygens (including phenoxy) is 2. The largest absolute Gasteiger partial charge is 0.476 e. The summed E-state index contributed by atoms with van der Waals surface area (Å²) in [7, 11) is -1.09. The summed E-state index contributed by atoms with van der Waals surface area (Å²) >= 11 is 0. The summed E-state index contributed by atoms with van der Waals surface area (Å²) in [6, 6.07) is 9.32. The lowest BCUT2D eigenvalue weighted by Crippen LogP contribution is -2.51. The summed E-state index contributed by atoms with van der Waals surface area (Å²) < 4.78 is 35.1. The number of pyridine rings is 1. The van der Waals surface area contributed by atoms with Gasteiger partial charge in [0.1, 0.15) is 21.3 Å². The molecule has 2 aliphatic rings. The molecule has 4 heterocycles. The lowest BCUT2D eigenvalue weighted by Gasteiger charge is -2.37. The number of hydrogen-bond donors (Lipinski definition) is 1. The molecule has 0 saturated carbocycles. The molecule has 0 atom stereocenters. The van der Waals surface area contributed by atoms with Crippen LogP contribution in [0.3, 0.4) is 0 Å². The van der Waals surface area contributed by atoms with Gasteiger partial charge in [0.25, 0.3) is 11.6 Å². The molecule has 1 aromatic carbocycles. The third kappa shape index (κ3) is 6.97. The second-order valence-electron chi connectivity index (χ2n) is 11.2. The number of fused-ring (bicyclic) bond motifs is 1. The first-order valence-corrected chi connectivity index (χ1v) is 16.0. The van der Waals surface area contributed by atoms with E-state index in [1.54, 1.807) is 26.0 Å². The van der Waals surface area contributed by atoms with E-state index in [9.17, 15) is 23.3 Å². The zero-order chi connectivity index (χ0) is 31.6. The first-order chi connectivity index (χ1) is 20.8. The van der Waals surface area contributed by atoms with Crippen molar-refractivity contribution in [3.05, 3.63) is 52.7 Å². The predicted octanol–water partition coefficient (Wildman–Crippen LogP) is 2.92. The Kier molecular flexibility index (Phi) is 8.56. The maximum absolute atomic E-state index is 13.5. The average molecular weight is 627 g/mol. The maximum atomic E-state index is 13.5. The van der Waals surface area contributed by atoms with Gasteiger partial charge in [-0.25, -0.2) is 13.4 Å². The van der Waals surface area contributed by atoms with E-state index in [-0.39, 0.29) is 53.6 Å². The fraction of sp³-hybridized carbons (Fsp3) is 0.429. The van der Waals surface area contributed by atoms with Crippen molar-refractivity contribution in [3.63, 3.8) is 0 Å². The van der Waals surface area contributed by atoms with Crippen LogP contribution >= 0.6 is 0 Å². The third-order valence-electron chi connectivity index (χ3n) is 7.15. The van der Waals surface area contributed by atoms with Gasteiger partial charge in [0.05, 0.1) is 29.2 Å². The third-order valence-corrected chi connectivity index (χ3v) is 8.18. The van der Waals surface area contributed by atoms with E-state index >= 15 is 0 Å². The van der Waals surface area contributed by atoms with Crippen LogP contribution in [0.4, 0.5) is 34.6 Å². The standard InChI is InChI=1S/C28H34N8O7S/c1-28(2)26(37)35(19-7-5-8-20(17-19)36(38)39)24-22(43-28)18-29-27(32-24)30-21-9-10-23(34-13-11-33(3)12-14-34)31-25(21)42-15-6-16-44(4,40)41/h5,7-10,17-18H,6,11-16H2,1-4H3,(H,29,30,32). The number of piperazine rings is 1. The molecule has 15 nitrogen and oxygen atoms in total. The maximum Gasteiger partial charge on any atom is 0.276 e. The second kappa shape index (κ2) is 12.2. The molecular formula is C28H34N8O7S. The number of carbonyl (C=O) groups excluding carboxylic acids is 1. The van der Waals surface area contributed by atoms with Gasteiger partial charge in [0.2, 0.25) is 11.8 Å². The van der Waals surface area contributed by atoms with Crippen LogP contribution in [0.2, 0.25) is 0 Å². The fourth-order valence-electron chi connectivity index (χ4n) is 4.78. The highest BCUT2D eigenvalue weighted by Gasteiger charge is 2.43. The number of nitro benzene ring substituents is 1. The summed E-state index contributed by atoms with van der Waals surface area (Å²) in [5, 5.41) is 14.5. The molecule has 3 aromatic rings. The molecule has 234 valence electrons. The molecule has 5 rings (SSSR count). The molecule has 0 unspecified atom stereocenters. The molecule has 0 spiro atoms. The normalized spacial score (nSPS) is 16.7. The zero-order valence-corrected chi connectivity index (χ0v) is 25.7. The highest BCUT2D eigenvalue weighted by molar-refractivity contribution is 7.90. The van der Waals surface area contributed by atoms with Crippen molar-refractivity contribution >= 4 is 50.4 Å². The molecule has 2 aliphatic heterocycles. The number of aromatic nitrogens is 3. The van der Waals surface area contributed by atoms with Gasteiger partial charge in [0.15, 0.2) is 17.2 Å². The summed E-state index contributed by atoms with van der Waals surface area (Å²) in [4.78, 5) is 43.7. The average Bonchev–Trinajstić information content (AvgIpc) is 2.97. The molecule has 1 amide bonds. The van der Waals surface area contributed by atoms with Gasteiger partial charge in [-0.2, -0.15) is 9.97 Å². The van der Waals surface area contributed by atoms with E-state index in [4.69, 9.17) is 14.5 Å². The molecule has 0 aliphatic carbocycles. The Morgan fingerprint density at radius 2 is 1.89 bits per heavy atom. The first kappa shape index (κ1) is 30.9. The summed E-state index contributed by atoms with van der Waals surface area (Å²) in [6.45, 7) is 6.64. The second-order valence-corrected chi connectivity index (χ2v) is 13.4. The fourth-order valence-corrected chi connectivity index (χ4v) is 5.42. The number of non-ortho nitro benzene ring substituents is 1. The lowest BCUT2D eigenvalue weighted by atomic mass is 10.0. The van der Waals surface area contributed by atoms with Crippen molar-refractivity contribution in [1.82, 2.24) is 19.9 Å². The quantitative estimate of drug-likeness (QED) is 0.198. The number of rotatable bonds is 10. The van der Waals surface area contributed by atoms with Gasteiger partial charge < -0.3 is 24.6 Å². The highest BCUT2D eigenvalue weighted by Crippen LogP contribution is 2.42. The number of nitro groups is 1. The minimum atomic E-state index is -3.16. The van der Waals surface area contributed by atoms with Crippen molar-refractivity contribution in [2.45, 2.75) is 25.9 Å². The summed E-state index contributed by atoms with van der Waals surface area (Å²) in [6.07, 6.45) is 2.87. The number of carbonyl (C=O) groups is 1. The minimum absolute atomic E-state index is 0.0281. The van der Waals surface area contributed by atoms with Crippen molar-refractivity contribution in [2.24, 2.45) is 0 Å². The number of amides is 1. The summed E-state index contributed by atoms with van der Waals surface area (Å²) in [5.41, 5.74) is -0.795. The van der Waals surface area contributed by atoms with Gasteiger partial charge in [-0.1, -0.05) is 6.07 Å². The predicted molar refractivity (Wildman–Crippen MR) is 164 cm³/mol. The molecular weight excluding hydrogens is 592 g/mol. The number of likely N-dealkylation sites (N-methyl/N-ethyl adjacent to an activating group) is 1. The van der Waals surface area contributed by atoms with Crippen LogP contribution in [0.1, 0.15) is 20.3 Å². The molecule has 44 heavy (non-hydrogen) atoms. The van der Waals surface area contributed by atoms with Gasteiger partial charge in [-0.15, -0.1) is 0 Å². The van der Waals surface area contributed by atoms with Crippen molar-refractivity contribution in [3.8, 4) is 11.6 Å². The Bertz CT molecular complexity index is 1680. The van der Waals surface area contributed by atoms with E-state index in [1.807, 2.05) is 6.07 Å². The molecule has 1 fully saturated rings. The number of sulfone groups is 1. The molecule has 1 N–H and O–H groups in total. The monoisotopic (exact) mass is 626 g/mol. The van der Waals surface area contributed by atoms with Crippen LogP contribution in [0, 0.1) is 10.1 Å². The van der Waals surface area contributed by atoms with Gasteiger partial charge in [-0.3, -0.25) is 19.8 Å². The smallest absolute Gasteiger partial charge is 0.276 e. The number of anilines is 5. The van der Waals surface area contributed by atoms with E-state index in [1.165, 1.54) is 35.6 Å². The Balaban J connectivity index is 1.47. The number of benzene rings is 1. The van der Waals surface area contributed by atoms with Gasteiger partial charge in [-0.05, 0) is 45.5 Å². The Labute approximate surface area is 254 Å². The molecule has 16 heteroatoms. The van der Waals surface area contributed by atoms with Crippen LogP contribution in [-0.4, -0.2) is 96.5 Å². The van der Waals surface area contributed by atoms with E-state index in [0.29, 0.717) is 11.5 Å². The molecule has 0 bridgehead atoms. The lowest BCUT2D eigenvalue weighted by molar-refractivity contribution is -0.384. The van der Waals surface area contributed by atoms with Crippen LogP contribution in [0.25, 0.3) is 0 Å². The van der Waals surface area contributed by atoms with Crippen LogP contribution in [0.15, 0.2) is 42.6 Å². The number of hydrogen-bond acceptors (Lipinski definition) is 13. The molecule has 0 radical (unpaired) electrons. The minimum Gasteiger partial charge on any atom is -0.476 e. The van der Waals surface area contributed by atoms with Gasteiger partial charge >= 0.3 is 0 Å². The Hall–Kier alpha value is -4.57. The first-order valence-electron chi connectivity index (χ1n) is 14.0. The SMILES string of the molecule is CN1CCN(c2ccc(Nc3ncc4c(n3)N(c3cccc([N+](=O)[O-])c3)C(=O)C(C)(C)O4)c(OCCCS(C)(=O)=O)n2)CC1. The van der Waals surface area contributed by atoms with Crippen molar-refractivity contribution < 1.29 is 27.6 Å². The van der Waals surface area contributed by atoms with Crippen LogP contribution in [0.5, 0.6) is 11.6 Å². The Morgan fingerprint density at radius 1 is 1.14 bits per heavy atom. The number of nitrogens with zero attached hydrogens (tertiary/aromatic N) is 7.